The summed E-state index contributed by atoms with van der Waals surface area (Å²) in [7, 11) is 3.39. The number of carbonyl (C=O) groups is 2. The summed E-state index contributed by atoms with van der Waals surface area (Å²) >= 11 is 5.89. The smallest absolute Gasteiger partial charge is 0.253 e. The van der Waals surface area contributed by atoms with Crippen molar-refractivity contribution in [3.63, 3.8) is 0 Å². The predicted molar refractivity (Wildman–Crippen MR) is 88.2 cm³/mol. The first-order valence-corrected chi connectivity index (χ1v) is 7.19. The quantitative estimate of drug-likeness (QED) is 0.941. The number of rotatable bonds is 4. The van der Waals surface area contributed by atoms with Crippen LogP contribution in [0, 0.1) is 0 Å². The van der Waals surface area contributed by atoms with Crippen LogP contribution < -0.4 is 5.32 Å². The molecule has 2 rings (SSSR count). The lowest BCUT2D eigenvalue weighted by Gasteiger charge is -2.11. The fourth-order valence-corrected chi connectivity index (χ4v) is 2.20. The molecule has 0 unspecified atom stereocenters. The van der Waals surface area contributed by atoms with Crippen LogP contribution in [-0.2, 0) is 11.2 Å². The van der Waals surface area contributed by atoms with Crippen LogP contribution in [0.25, 0.3) is 0 Å². The number of nitrogens with zero attached hydrogens (tertiary/aromatic N) is 1. The second kappa shape index (κ2) is 7.09. The van der Waals surface area contributed by atoms with Gasteiger partial charge in [0.1, 0.15) is 0 Å². The topological polar surface area (TPSA) is 49.4 Å². The highest BCUT2D eigenvalue weighted by molar-refractivity contribution is 6.30. The molecule has 0 spiro atoms. The van der Waals surface area contributed by atoms with Gasteiger partial charge in [0.25, 0.3) is 5.91 Å². The van der Waals surface area contributed by atoms with Crippen molar-refractivity contribution >= 4 is 29.1 Å². The Morgan fingerprint density at radius 1 is 1.09 bits per heavy atom. The van der Waals surface area contributed by atoms with Crippen molar-refractivity contribution in [1.29, 1.82) is 0 Å². The van der Waals surface area contributed by atoms with Crippen LogP contribution in [0.3, 0.4) is 0 Å². The van der Waals surface area contributed by atoms with E-state index in [1.807, 2.05) is 12.1 Å². The summed E-state index contributed by atoms with van der Waals surface area (Å²) in [5.41, 5.74) is 2.09. The van der Waals surface area contributed by atoms with Crippen molar-refractivity contribution in [1.82, 2.24) is 4.90 Å². The van der Waals surface area contributed by atoms with Crippen LogP contribution in [0.4, 0.5) is 5.69 Å². The number of nitrogens with one attached hydrogen (secondary N) is 1. The summed E-state index contributed by atoms with van der Waals surface area (Å²) in [5, 5.41) is 3.41. The Labute approximate surface area is 134 Å². The van der Waals surface area contributed by atoms with Crippen LogP contribution in [0.15, 0.2) is 48.5 Å². The minimum Gasteiger partial charge on any atom is -0.345 e. The van der Waals surface area contributed by atoms with Gasteiger partial charge in [-0.15, -0.1) is 0 Å². The highest BCUT2D eigenvalue weighted by atomic mass is 35.5. The molecule has 114 valence electrons. The zero-order valence-corrected chi connectivity index (χ0v) is 13.2. The molecule has 5 heteroatoms. The summed E-state index contributed by atoms with van der Waals surface area (Å²) in [6.07, 6.45) is 0.249. The van der Waals surface area contributed by atoms with Gasteiger partial charge in [-0.25, -0.2) is 0 Å². The lowest BCUT2D eigenvalue weighted by atomic mass is 10.1. The summed E-state index contributed by atoms with van der Waals surface area (Å²) in [5.74, 6) is -0.203. The fraction of sp³-hybridized carbons (Fsp3) is 0.176. The van der Waals surface area contributed by atoms with Gasteiger partial charge in [-0.05, 0) is 42.0 Å². The molecule has 0 radical (unpaired) electrons. The molecule has 22 heavy (non-hydrogen) atoms. The Balaban J connectivity index is 1.98. The molecule has 0 aliphatic carbocycles. The van der Waals surface area contributed by atoms with Gasteiger partial charge in [0.05, 0.1) is 6.42 Å². The van der Waals surface area contributed by atoms with Gasteiger partial charge in [0.15, 0.2) is 0 Å². The predicted octanol–water partition coefficient (Wildman–Crippen LogP) is 3.22. The summed E-state index contributed by atoms with van der Waals surface area (Å²) < 4.78 is 0. The first-order valence-electron chi connectivity index (χ1n) is 6.82. The van der Waals surface area contributed by atoms with Crippen LogP contribution in [0.5, 0.6) is 0 Å². The van der Waals surface area contributed by atoms with Crippen LogP contribution in [0.2, 0.25) is 5.02 Å². The molecular formula is C17H17ClN2O2. The van der Waals surface area contributed by atoms with Gasteiger partial charge in [0.2, 0.25) is 5.91 Å². The standard InChI is InChI=1S/C17H17ClN2O2/c1-20(2)17(22)13-6-8-15(9-7-13)19-16(21)11-12-4-3-5-14(18)10-12/h3-10H,11H2,1-2H3,(H,19,21). The average molecular weight is 317 g/mol. The molecule has 0 saturated heterocycles. The minimum atomic E-state index is -0.131. The lowest BCUT2D eigenvalue weighted by molar-refractivity contribution is -0.115. The molecule has 0 aliphatic heterocycles. The van der Waals surface area contributed by atoms with E-state index in [0.717, 1.165) is 5.56 Å². The van der Waals surface area contributed by atoms with Gasteiger partial charge < -0.3 is 10.2 Å². The molecule has 0 saturated carbocycles. The van der Waals surface area contributed by atoms with Crippen molar-refractivity contribution in [2.75, 3.05) is 19.4 Å². The lowest BCUT2D eigenvalue weighted by Crippen LogP contribution is -2.21. The largest absolute Gasteiger partial charge is 0.345 e. The maximum Gasteiger partial charge on any atom is 0.253 e. The number of halogens is 1. The van der Waals surface area contributed by atoms with Crippen LogP contribution in [0.1, 0.15) is 15.9 Å². The van der Waals surface area contributed by atoms with Crippen molar-refractivity contribution < 1.29 is 9.59 Å². The third-order valence-corrected chi connectivity index (χ3v) is 3.31. The molecule has 0 heterocycles. The van der Waals surface area contributed by atoms with Crippen molar-refractivity contribution in [3.8, 4) is 0 Å². The Morgan fingerprint density at radius 2 is 1.77 bits per heavy atom. The number of hydrogen-bond acceptors (Lipinski definition) is 2. The van der Waals surface area contributed by atoms with E-state index >= 15 is 0 Å². The van der Waals surface area contributed by atoms with Crippen molar-refractivity contribution in [2.24, 2.45) is 0 Å². The van der Waals surface area contributed by atoms with E-state index in [4.69, 9.17) is 11.6 Å². The average Bonchev–Trinajstić information content (AvgIpc) is 2.47. The number of hydrogen-bond donors (Lipinski definition) is 1. The Hall–Kier alpha value is -2.33. The minimum absolute atomic E-state index is 0.0724. The summed E-state index contributed by atoms with van der Waals surface area (Å²) in [4.78, 5) is 25.3. The van der Waals surface area contributed by atoms with Crippen molar-refractivity contribution in [2.45, 2.75) is 6.42 Å². The van der Waals surface area contributed by atoms with Gasteiger partial charge >= 0.3 is 0 Å². The number of carbonyl (C=O) groups excluding carboxylic acids is 2. The number of amides is 2. The normalized spacial score (nSPS) is 10.1. The molecule has 2 amide bonds. The van der Waals surface area contributed by atoms with E-state index in [1.165, 1.54) is 4.90 Å². The zero-order chi connectivity index (χ0) is 16.1. The molecule has 0 aliphatic rings. The van der Waals surface area contributed by atoms with Gasteiger partial charge in [-0.3, -0.25) is 9.59 Å². The third kappa shape index (κ3) is 4.33. The molecule has 0 atom stereocenters. The Bertz CT molecular complexity index is 681. The van der Waals surface area contributed by atoms with E-state index in [-0.39, 0.29) is 18.2 Å². The molecule has 1 N–H and O–H groups in total. The number of anilines is 1. The molecule has 4 nitrogen and oxygen atoms in total. The summed E-state index contributed by atoms with van der Waals surface area (Å²) in [6, 6.07) is 14.0. The maximum atomic E-state index is 12.0. The van der Waals surface area contributed by atoms with Crippen molar-refractivity contribution in [3.05, 3.63) is 64.7 Å². The molecule has 2 aromatic carbocycles. The van der Waals surface area contributed by atoms with E-state index in [1.54, 1.807) is 50.5 Å². The Kier molecular flexibility index (Phi) is 5.17. The molecule has 0 bridgehead atoms. The van der Waals surface area contributed by atoms with E-state index in [2.05, 4.69) is 5.32 Å². The third-order valence-electron chi connectivity index (χ3n) is 3.08. The molecule has 0 aromatic heterocycles. The zero-order valence-electron chi connectivity index (χ0n) is 12.5. The maximum absolute atomic E-state index is 12.0. The highest BCUT2D eigenvalue weighted by Crippen LogP contribution is 2.14. The van der Waals surface area contributed by atoms with Crippen LogP contribution in [-0.4, -0.2) is 30.8 Å². The van der Waals surface area contributed by atoms with E-state index in [0.29, 0.717) is 16.3 Å². The van der Waals surface area contributed by atoms with E-state index < -0.39 is 0 Å². The second-order valence-electron chi connectivity index (χ2n) is 5.13. The van der Waals surface area contributed by atoms with Gasteiger partial charge in [-0.1, -0.05) is 23.7 Å². The highest BCUT2D eigenvalue weighted by Gasteiger charge is 2.08. The first kappa shape index (κ1) is 16.0. The second-order valence-corrected chi connectivity index (χ2v) is 5.57. The van der Waals surface area contributed by atoms with Gasteiger partial charge in [0, 0.05) is 30.4 Å². The molecule has 0 fully saturated rings. The van der Waals surface area contributed by atoms with Gasteiger partial charge in [-0.2, -0.15) is 0 Å². The molecular weight excluding hydrogens is 300 g/mol. The molecule has 2 aromatic rings. The van der Waals surface area contributed by atoms with Crippen LogP contribution >= 0.6 is 11.6 Å². The SMILES string of the molecule is CN(C)C(=O)c1ccc(NC(=O)Cc2cccc(Cl)c2)cc1. The fourth-order valence-electron chi connectivity index (χ4n) is 1.99. The first-order chi connectivity index (χ1) is 10.5. The monoisotopic (exact) mass is 316 g/mol. The number of benzene rings is 2. The Morgan fingerprint density at radius 3 is 2.36 bits per heavy atom. The van der Waals surface area contributed by atoms with E-state index in [9.17, 15) is 9.59 Å². The summed E-state index contributed by atoms with van der Waals surface area (Å²) in [6.45, 7) is 0.